The summed E-state index contributed by atoms with van der Waals surface area (Å²) in [6.45, 7) is 5.18. The largest absolute Gasteiger partial charge is 0.370 e. The zero-order chi connectivity index (χ0) is 18.1. The van der Waals surface area contributed by atoms with Crippen molar-refractivity contribution in [3.63, 3.8) is 0 Å². The van der Waals surface area contributed by atoms with Crippen LogP contribution < -0.4 is 5.32 Å². The van der Waals surface area contributed by atoms with Gasteiger partial charge in [-0.3, -0.25) is 10.1 Å². The lowest BCUT2D eigenvalue weighted by Crippen LogP contribution is -2.25. The van der Waals surface area contributed by atoms with Crippen molar-refractivity contribution in [1.82, 2.24) is 14.9 Å². The molecule has 2 heterocycles. The number of hydrogen-bond donors (Lipinski definition) is 1. The first kappa shape index (κ1) is 16.9. The van der Waals surface area contributed by atoms with E-state index in [2.05, 4.69) is 20.2 Å². The van der Waals surface area contributed by atoms with Crippen LogP contribution in [0.3, 0.4) is 0 Å². The fourth-order valence-corrected chi connectivity index (χ4v) is 3.60. The summed E-state index contributed by atoms with van der Waals surface area (Å²) in [7, 11) is 0. The highest BCUT2D eigenvalue weighted by Crippen LogP contribution is 2.31. The molecule has 1 N–H and O–H groups in total. The van der Waals surface area contributed by atoms with Crippen LogP contribution in [0.25, 0.3) is 11.4 Å². The molecule has 1 atom stereocenters. The fourth-order valence-electron chi connectivity index (χ4n) is 3.60. The van der Waals surface area contributed by atoms with E-state index in [0.717, 1.165) is 24.1 Å². The molecule has 1 aromatic heterocycles. The van der Waals surface area contributed by atoms with E-state index in [1.165, 1.54) is 44.5 Å². The first-order valence-corrected chi connectivity index (χ1v) is 9.17. The van der Waals surface area contributed by atoms with E-state index in [4.69, 9.17) is 0 Å². The quantitative estimate of drug-likeness (QED) is 0.634. The maximum Gasteiger partial charge on any atom is 0.270 e. The van der Waals surface area contributed by atoms with Gasteiger partial charge in [0.25, 0.3) is 5.69 Å². The van der Waals surface area contributed by atoms with Gasteiger partial charge >= 0.3 is 0 Å². The van der Waals surface area contributed by atoms with Crippen molar-refractivity contribution >= 4 is 11.5 Å². The van der Waals surface area contributed by atoms with Gasteiger partial charge in [0, 0.05) is 48.6 Å². The molecule has 1 aliphatic heterocycles. The topological polar surface area (TPSA) is 84.2 Å². The molecule has 7 heteroatoms. The summed E-state index contributed by atoms with van der Waals surface area (Å²) in [6, 6.07) is 9.22. The number of likely N-dealkylation sites (tertiary alicyclic amines) is 1. The molecule has 0 spiro atoms. The van der Waals surface area contributed by atoms with E-state index < -0.39 is 4.92 Å². The second-order valence-corrected chi connectivity index (χ2v) is 7.29. The summed E-state index contributed by atoms with van der Waals surface area (Å²) < 4.78 is 0. The van der Waals surface area contributed by atoms with E-state index >= 15 is 0 Å². The number of nitro benzene ring substituents is 1. The average molecular weight is 353 g/mol. The van der Waals surface area contributed by atoms with Gasteiger partial charge < -0.3 is 10.2 Å². The maximum atomic E-state index is 11.0. The molecule has 0 amide bonds. The smallest absolute Gasteiger partial charge is 0.270 e. The second kappa shape index (κ2) is 6.99. The van der Waals surface area contributed by atoms with Gasteiger partial charge in [-0.2, -0.15) is 0 Å². The Morgan fingerprint density at radius 3 is 2.88 bits per heavy atom. The van der Waals surface area contributed by atoms with Crippen molar-refractivity contribution in [1.29, 1.82) is 0 Å². The van der Waals surface area contributed by atoms with E-state index in [9.17, 15) is 10.1 Å². The van der Waals surface area contributed by atoms with Crippen LogP contribution in [-0.2, 0) is 0 Å². The minimum atomic E-state index is -0.399. The monoisotopic (exact) mass is 353 g/mol. The molecule has 2 aromatic rings. The molecule has 2 fully saturated rings. The van der Waals surface area contributed by atoms with Crippen LogP contribution in [0.1, 0.15) is 25.0 Å². The van der Waals surface area contributed by atoms with Crippen LogP contribution in [-0.4, -0.2) is 45.5 Å². The molecule has 136 valence electrons. The van der Waals surface area contributed by atoms with Gasteiger partial charge in [0.2, 0.25) is 0 Å². The molecule has 1 aliphatic carbocycles. The predicted molar refractivity (Wildman–Crippen MR) is 100 cm³/mol. The van der Waals surface area contributed by atoms with Gasteiger partial charge in [-0.15, -0.1) is 0 Å². The van der Waals surface area contributed by atoms with Crippen molar-refractivity contribution in [2.75, 3.05) is 25.0 Å². The molecule has 1 saturated carbocycles. The van der Waals surface area contributed by atoms with Crippen LogP contribution in [0.5, 0.6) is 0 Å². The SMILES string of the molecule is Cc1cc(NC[C@@H]2CCN(C3CC3)C2)nc(-c2cccc([N+](=O)[O-])c2)n1. The van der Waals surface area contributed by atoms with Gasteiger partial charge in [-0.05, 0) is 38.6 Å². The minimum Gasteiger partial charge on any atom is -0.370 e. The zero-order valence-electron chi connectivity index (χ0n) is 14.9. The summed E-state index contributed by atoms with van der Waals surface area (Å²) in [4.78, 5) is 22.2. The van der Waals surface area contributed by atoms with Gasteiger partial charge in [0.05, 0.1) is 4.92 Å². The molecule has 0 radical (unpaired) electrons. The Bertz CT molecular complexity index is 821. The molecular formula is C19H23N5O2. The average Bonchev–Trinajstić information content (AvgIpc) is 3.38. The Hall–Kier alpha value is -2.54. The van der Waals surface area contributed by atoms with Crippen molar-refractivity contribution in [2.45, 2.75) is 32.2 Å². The van der Waals surface area contributed by atoms with Gasteiger partial charge in [-0.25, -0.2) is 9.97 Å². The molecule has 1 saturated heterocycles. The highest BCUT2D eigenvalue weighted by Gasteiger charge is 2.34. The van der Waals surface area contributed by atoms with Crippen molar-refractivity contribution < 1.29 is 4.92 Å². The number of anilines is 1. The van der Waals surface area contributed by atoms with Crippen LogP contribution in [0, 0.1) is 23.0 Å². The van der Waals surface area contributed by atoms with Crippen LogP contribution in [0.2, 0.25) is 0 Å². The first-order chi connectivity index (χ1) is 12.6. The second-order valence-electron chi connectivity index (χ2n) is 7.29. The number of hydrogen-bond acceptors (Lipinski definition) is 6. The number of non-ortho nitro benzene ring substituents is 1. The lowest BCUT2D eigenvalue weighted by Gasteiger charge is -2.15. The normalized spacial score (nSPS) is 20.3. The molecule has 4 rings (SSSR count). The van der Waals surface area contributed by atoms with Crippen molar-refractivity contribution in [3.8, 4) is 11.4 Å². The van der Waals surface area contributed by atoms with Crippen LogP contribution in [0.15, 0.2) is 30.3 Å². The summed E-state index contributed by atoms with van der Waals surface area (Å²) in [5, 5.41) is 14.4. The van der Waals surface area contributed by atoms with E-state index in [1.54, 1.807) is 12.1 Å². The molecular weight excluding hydrogens is 330 g/mol. The summed E-state index contributed by atoms with van der Waals surface area (Å²) in [5.74, 6) is 1.94. The van der Waals surface area contributed by atoms with Crippen LogP contribution in [0.4, 0.5) is 11.5 Å². The lowest BCUT2D eigenvalue weighted by molar-refractivity contribution is -0.384. The number of nitro groups is 1. The third-order valence-corrected chi connectivity index (χ3v) is 5.12. The molecule has 0 unspecified atom stereocenters. The number of rotatable bonds is 6. The number of nitrogens with one attached hydrogen (secondary N) is 1. The van der Waals surface area contributed by atoms with Gasteiger partial charge in [0.1, 0.15) is 5.82 Å². The minimum absolute atomic E-state index is 0.0493. The van der Waals surface area contributed by atoms with E-state index in [-0.39, 0.29) is 5.69 Å². The van der Waals surface area contributed by atoms with Gasteiger partial charge in [0.15, 0.2) is 5.82 Å². The maximum absolute atomic E-state index is 11.0. The number of aromatic nitrogens is 2. The highest BCUT2D eigenvalue weighted by atomic mass is 16.6. The van der Waals surface area contributed by atoms with Gasteiger partial charge in [-0.1, -0.05) is 12.1 Å². The van der Waals surface area contributed by atoms with E-state index in [0.29, 0.717) is 17.3 Å². The Kier molecular flexibility index (Phi) is 4.55. The Labute approximate surface area is 152 Å². The molecule has 26 heavy (non-hydrogen) atoms. The predicted octanol–water partition coefficient (Wildman–Crippen LogP) is 3.26. The molecule has 0 bridgehead atoms. The highest BCUT2D eigenvalue weighted by molar-refractivity contribution is 5.61. The standard InChI is InChI=1S/C19H23N5O2/c1-13-9-18(20-11-14-7-8-23(12-14)16-5-6-16)22-19(21-13)15-3-2-4-17(10-15)24(25)26/h2-4,9-10,14,16H,5-8,11-12H2,1H3,(H,20,21,22)/t14-/m0/s1. The third-order valence-electron chi connectivity index (χ3n) is 5.12. The van der Waals surface area contributed by atoms with Crippen molar-refractivity contribution in [3.05, 3.63) is 46.1 Å². The number of aryl methyl sites for hydroxylation is 1. The number of benzene rings is 1. The third kappa shape index (κ3) is 3.83. The Balaban J connectivity index is 1.46. The molecule has 1 aromatic carbocycles. The summed E-state index contributed by atoms with van der Waals surface area (Å²) in [6.07, 6.45) is 3.95. The van der Waals surface area contributed by atoms with Crippen LogP contribution >= 0.6 is 0 Å². The van der Waals surface area contributed by atoms with E-state index in [1.807, 2.05) is 13.0 Å². The fraction of sp³-hybridized carbons (Fsp3) is 0.474. The summed E-state index contributed by atoms with van der Waals surface area (Å²) in [5.41, 5.74) is 1.55. The molecule has 7 nitrogen and oxygen atoms in total. The molecule has 2 aliphatic rings. The van der Waals surface area contributed by atoms with Crippen molar-refractivity contribution in [2.24, 2.45) is 5.92 Å². The lowest BCUT2D eigenvalue weighted by atomic mass is 10.1. The Morgan fingerprint density at radius 1 is 1.27 bits per heavy atom. The zero-order valence-corrected chi connectivity index (χ0v) is 14.9. The number of nitrogens with zero attached hydrogens (tertiary/aromatic N) is 4. The Morgan fingerprint density at radius 2 is 2.12 bits per heavy atom. The summed E-state index contributed by atoms with van der Waals surface area (Å²) >= 11 is 0. The first-order valence-electron chi connectivity index (χ1n) is 9.17.